The molecule has 0 bridgehead atoms. The van der Waals surface area contributed by atoms with E-state index in [1.165, 1.54) is 6.21 Å². The molecule has 4 heteroatoms. The number of aromatic nitrogens is 1. The Bertz CT molecular complexity index is 312. The first-order valence-electron chi connectivity index (χ1n) is 3.96. The first-order valence-corrected chi connectivity index (χ1v) is 4.34. The van der Waals surface area contributed by atoms with E-state index in [2.05, 4.69) is 4.98 Å². The molecule has 13 heavy (non-hydrogen) atoms. The van der Waals surface area contributed by atoms with Gasteiger partial charge in [-0.3, -0.25) is 0 Å². The van der Waals surface area contributed by atoms with Gasteiger partial charge in [0.25, 0.3) is 0 Å². The van der Waals surface area contributed by atoms with Gasteiger partial charge in [-0.15, -0.1) is 0 Å². The van der Waals surface area contributed by atoms with Gasteiger partial charge in [0.2, 0.25) is 5.88 Å². The van der Waals surface area contributed by atoms with Crippen molar-refractivity contribution in [1.82, 2.24) is 4.98 Å². The van der Waals surface area contributed by atoms with Crippen molar-refractivity contribution < 1.29 is 4.74 Å². The lowest BCUT2D eigenvalue weighted by Gasteiger charge is -2.09. The summed E-state index contributed by atoms with van der Waals surface area (Å²) in [5, 5.41) is 7.43. The summed E-state index contributed by atoms with van der Waals surface area (Å²) in [5.74, 6) is 0.419. The van der Waals surface area contributed by atoms with E-state index in [4.69, 9.17) is 21.7 Å². The smallest absolute Gasteiger partial charge is 0.232 e. The van der Waals surface area contributed by atoms with E-state index in [9.17, 15) is 0 Å². The highest BCUT2D eigenvalue weighted by Gasteiger charge is 2.05. The lowest BCUT2D eigenvalue weighted by atomic mass is 10.3. The molecule has 1 aromatic rings. The van der Waals surface area contributed by atoms with Crippen LogP contribution in [-0.2, 0) is 0 Å². The molecule has 0 aliphatic carbocycles. The summed E-state index contributed by atoms with van der Waals surface area (Å²) in [5.41, 5.74) is 0.668. The molecule has 1 rings (SSSR count). The van der Waals surface area contributed by atoms with Crippen molar-refractivity contribution in [3.05, 3.63) is 22.8 Å². The minimum Gasteiger partial charge on any atom is -0.474 e. The monoisotopic (exact) mass is 198 g/mol. The molecular formula is C9H11ClN2O. The summed E-state index contributed by atoms with van der Waals surface area (Å²) in [4.78, 5) is 3.98. The van der Waals surface area contributed by atoms with Crippen molar-refractivity contribution in [2.24, 2.45) is 0 Å². The summed E-state index contributed by atoms with van der Waals surface area (Å²) in [6.07, 6.45) is 2.80. The van der Waals surface area contributed by atoms with Crippen molar-refractivity contribution in [2.45, 2.75) is 20.0 Å². The number of ether oxygens (including phenoxy) is 1. The molecular weight excluding hydrogens is 188 g/mol. The van der Waals surface area contributed by atoms with Crippen LogP contribution in [0.4, 0.5) is 0 Å². The zero-order chi connectivity index (χ0) is 9.84. The Morgan fingerprint density at radius 3 is 2.77 bits per heavy atom. The molecule has 0 saturated carbocycles. The SMILES string of the molecule is CC(C)Oc1ncc(C=N)cc1Cl. The van der Waals surface area contributed by atoms with Crippen molar-refractivity contribution in [1.29, 1.82) is 5.41 Å². The highest BCUT2D eigenvalue weighted by Crippen LogP contribution is 2.22. The Morgan fingerprint density at radius 1 is 1.62 bits per heavy atom. The van der Waals surface area contributed by atoms with Crippen LogP contribution >= 0.6 is 11.6 Å². The Morgan fingerprint density at radius 2 is 2.31 bits per heavy atom. The van der Waals surface area contributed by atoms with Crippen LogP contribution < -0.4 is 4.74 Å². The van der Waals surface area contributed by atoms with Crippen molar-refractivity contribution in [2.75, 3.05) is 0 Å². The van der Waals surface area contributed by atoms with E-state index in [-0.39, 0.29) is 6.10 Å². The molecule has 0 radical (unpaired) electrons. The van der Waals surface area contributed by atoms with Gasteiger partial charge in [0.15, 0.2) is 0 Å². The molecule has 0 saturated heterocycles. The Labute approximate surface area is 82.2 Å². The van der Waals surface area contributed by atoms with E-state index in [0.29, 0.717) is 16.5 Å². The standard InChI is InChI=1S/C9H11ClN2O/c1-6(2)13-9-8(10)3-7(4-11)5-12-9/h3-6,11H,1-2H3. The second-order valence-electron chi connectivity index (χ2n) is 2.87. The average molecular weight is 199 g/mol. The number of pyridine rings is 1. The van der Waals surface area contributed by atoms with Crippen molar-refractivity contribution >= 4 is 17.8 Å². The predicted octanol–water partition coefficient (Wildman–Crippen LogP) is 2.52. The number of nitrogens with zero attached hydrogens (tertiary/aromatic N) is 1. The maximum Gasteiger partial charge on any atom is 0.232 e. The first kappa shape index (κ1) is 9.99. The average Bonchev–Trinajstić information content (AvgIpc) is 2.08. The maximum absolute atomic E-state index is 6.99. The molecule has 0 fully saturated rings. The molecule has 0 amide bonds. The molecule has 70 valence electrons. The topological polar surface area (TPSA) is 46.0 Å². The maximum atomic E-state index is 6.99. The van der Waals surface area contributed by atoms with Crippen LogP contribution in [0.5, 0.6) is 5.88 Å². The van der Waals surface area contributed by atoms with Crippen molar-refractivity contribution in [3.63, 3.8) is 0 Å². The van der Waals surface area contributed by atoms with Crippen LogP contribution in [0.3, 0.4) is 0 Å². The molecule has 1 heterocycles. The third-order valence-corrected chi connectivity index (χ3v) is 1.61. The minimum absolute atomic E-state index is 0.0517. The second-order valence-corrected chi connectivity index (χ2v) is 3.27. The summed E-state index contributed by atoms with van der Waals surface area (Å²) >= 11 is 5.86. The zero-order valence-corrected chi connectivity index (χ0v) is 8.30. The fourth-order valence-corrected chi connectivity index (χ4v) is 1.05. The molecule has 1 N–H and O–H groups in total. The Balaban J connectivity index is 2.91. The molecule has 0 atom stereocenters. The van der Waals surface area contributed by atoms with E-state index >= 15 is 0 Å². The number of hydrogen-bond donors (Lipinski definition) is 1. The van der Waals surface area contributed by atoms with Crippen LogP contribution in [0, 0.1) is 5.41 Å². The molecule has 1 aromatic heterocycles. The fourth-order valence-electron chi connectivity index (χ4n) is 0.829. The van der Waals surface area contributed by atoms with Crippen LogP contribution in [0.15, 0.2) is 12.3 Å². The van der Waals surface area contributed by atoms with Gasteiger partial charge in [-0.2, -0.15) is 0 Å². The van der Waals surface area contributed by atoms with E-state index < -0.39 is 0 Å². The normalized spacial score (nSPS) is 10.2. The minimum atomic E-state index is 0.0517. The third kappa shape index (κ3) is 2.70. The van der Waals surface area contributed by atoms with E-state index in [0.717, 1.165) is 0 Å². The summed E-state index contributed by atoms with van der Waals surface area (Å²) in [7, 11) is 0. The number of halogens is 1. The van der Waals surface area contributed by atoms with E-state index in [1.54, 1.807) is 12.3 Å². The fraction of sp³-hybridized carbons (Fsp3) is 0.333. The Kier molecular flexibility index (Phi) is 3.25. The lowest BCUT2D eigenvalue weighted by molar-refractivity contribution is 0.233. The second kappa shape index (κ2) is 4.23. The van der Waals surface area contributed by atoms with Crippen LogP contribution in [-0.4, -0.2) is 17.3 Å². The van der Waals surface area contributed by atoms with Gasteiger partial charge in [-0.25, -0.2) is 4.98 Å². The number of nitrogens with one attached hydrogen (secondary N) is 1. The number of rotatable bonds is 3. The summed E-state index contributed by atoms with van der Waals surface area (Å²) in [6, 6.07) is 1.65. The quantitative estimate of drug-likeness (QED) is 0.759. The summed E-state index contributed by atoms with van der Waals surface area (Å²) < 4.78 is 5.33. The van der Waals surface area contributed by atoms with Gasteiger partial charge >= 0.3 is 0 Å². The highest BCUT2D eigenvalue weighted by atomic mass is 35.5. The van der Waals surface area contributed by atoms with Gasteiger partial charge in [-0.1, -0.05) is 11.6 Å². The lowest BCUT2D eigenvalue weighted by Crippen LogP contribution is -2.07. The van der Waals surface area contributed by atoms with Crippen LogP contribution in [0.1, 0.15) is 19.4 Å². The number of hydrogen-bond acceptors (Lipinski definition) is 3. The molecule has 0 aromatic carbocycles. The van der Waals surface area contributed by atoms with Crippen LogP contribution in [0.25, 0.3) is 0 Å². The van der Waals surface area contributed by atoms with Gasteiger partial charge in [0, 0.05) is 18.0 Å². The molecule has 0 aliphatic rings. The van der Waals surface area contributed by atoms with Gasteiger partial charge in [0.05, 0.1) is 6.10 Å². The Hall–Kier alpha value is -1.09. The highest BCUT2D eigenvalue weighted by molar-refractivity contribution is 6.32. The largest absolute Gasteiger partial charge is 0.474 e. The first-order chi connectivity index (χ1) is 6.13. The molecule has 0 unspecified atom stereocenters. The van der Waals surface area contributed by atoms with Crippen molar-refractivity contribution in [3.8, 4) is 5.88 Å². The van der Waals surface area contributed by atoms with E-state index in [1.807, 2.05) is 13.8 Å². The molecule has 0 spiro atoms. The third-order valence-electron chi connectivity index (χ3n) is 1.34. The zero-order valence-electron chi connectivity index (χ0n) is 7.54. The van der Waals surface area contributed by atoms with Gasteiger partial charge in [-0.05, 0) is 19.9 Å². The van der Waals surface area contributed by atoms with Gasteiger partial charge < -0.3 is 10.1 Å². The summed E-state index contributed by atoms with van der Waals surface area (Å²) in [6.45, 7) is 3.81. The molecule has 3 nitrogen and oxygen atoms in total. The molecule has 0 aliphatic heterocycles. The van der Waals surface area contributed by atoms with Crippen LogP contribution in [0.2, 0.25) is 5.02 Å². The predicted molar refractivity (Wildman–Crippen MR) is 52.9 cm³/mol. The van der Waals surface area contributed by atoms with Gasteiger partial charge in [0.1, 0.15) is 5.02 Å².